The molecule has 1 heterocycles. The Hall–Kier alpha value is -1.06. The van der Waals surface area contributed by atoms with Crippen LogP contribution in [0.15, 0.2) is 30.3 Å². The molecular weight excluding hydrogens is 260 g/mol. The Bertz CT molecular complexity index is 413. The van der Waals surface area contributed by atoms with Crippen LogP contribution in [0, 0.1) is 11.8 Å². The third kappa shape index (κ3) is 3.48. The van der Waals surface area contributed by atoms with Crippen molar-refractivity contribution in [2.24, 2.45) is 11.8 Å². The van der Waals surface area contributed by atoms with Crippen molar-refractivity contribution >= 4 is 18.3 Å². The smallest absolute Gasteiger partial charge is 0.224 e. The van der Waals surface area contributed by atoms with Crippen molar-refractivity contribution in [1.29, 1.82) is 0 Å². The average Bonchev–Trinajstić information content (AvgIpc) is 3.10. The molecule has 0 radical (unpaired) electrons. The van der Waals surface area contributed by atoms with E-state index in [1.54, 1.807) is 0 Å². The van der Waals surface area contributed by atoms with Crippen molar-refractivity contribution in [2.45, 2.75) is 25.3 Å². The van der Waals surface area contributed by atoms with E-state index < -0.39 is 0 Å². The van der Waals surface area contributed by atoms with Crippen LogP contribution < -0.4 is 10.6 Å². The molecule has 2 unspecified atom stereocenters. The minimum Gasteiger partial charge on any atom is -0.349 e. The Labute approximate surface area is 120 Å². The molecule has 104 valence electrons. The zero-order valence-electron chi connectivity index (χ0n) is 11.0. The topological polar surface area (TPSA) is 41.1 Å². The fraction of sp³-hybridized carbons (Fsp3) is 0.533. The van der Waals surface area contributed by atoms with Gasteiger partial charge in [-0.25, -0.2) is 0 Å². The lowest BCUT2D eigenvalue weighted by Crippen LogP contribution is -2.35. The second-order valence-electron chi connectivity index (χ2n) is 5.42. The van der Waals surface area contributed by atoms with E-state index in [0.717, 1.165) is 19.5 Å². The van der Waals surface area contributed by atoms with Crippen molar-refractivity contribution in [2.75, 3.05) is 13.1 Å². The second kappa shape index (κ2) is 6.40. The molecule has 3 nitrogen and oxygen atoms in total. The zero-order chi connectivity index (χ0) is 12.4. The van der Waals surface area contributed by atoms with E-state index in [1.165, 1.54) is 18.4 Å². The molecule has 0 spiro atoms. The number of rotatable bonds is 4. The number of carbonyl (C=O) groups excluding carboxylic acids is 1. The lowest BCUT2D eigenvalue weighted by molar-refractivity contribution is -0.125. The van der Waals surface area contributed by atoms with Crippen LogP contribution >= 0.6 is 12.4 Å². The van der Waals surface area contributed by atoms with E-state index in [9.17, 15) is 4.79 Å². The molecule has 0 aromatic heterocycles. The summed E-state index contributed by atoms with van der Waals surface area (Å²) in [4.78, 5) is 12.2. The van der Waals surface area contributed by atoms with Crippen LogP contribution in [0.5, 0.6) is 0 Å². The van der Waals surface area contributed by atoms with Gasteiger partial charge in [0.25, 0.3) is 0 Å². The number of amides is 1. The third-order valence-electron chi connectivity index (χ3n) is 3.98. The first-order valence-corrected chi connectivity index (χ1v) is 6.90. The van der Waals surface area contributed by atoms with Gasteiger partial charge in [0.15, 0.2) is 0 Å². The molecule has 3 rings (SSSR count). The number of halogens is 1. The quantitative estimate of drug-likeness (QED) is 0.888. The van der Waals surface area contributed by atoms with Gasteiger partial charge in [0, 0.05) is 6.54 Å². The van der Waals surface area contributed by atoms with E-state index >= 15 is 0 Å². The molecule has 2 atom stereocenters. The molecule has 2 aliphatic rings. The molecule has 0 bridgehead atoms. The lowest BCUT2D eigenvalue weighted by atomic mass is 10.0. The van der Waals surface area contributed by atoms with Crippen LogP contribution in [-0.4, -0.2) is 19.0 Å². The van der Waals surface area contributed by atoms with Gasteiger partial charge in [-0.2, -0.15) is 0 Å². The van der Waals surface area contributed by atoms with E-state index in [0.29, 0.717) is 5.92 Å². The molecule has 2 fully saturated rings. The predicted octanol–water partition coefficient (Wildman–Crippen LogP) is 2.29. The second-order valence-corrected chi connectivity index (χ2v) is 5.42. The lowest BCUT2D eigenvalue weighted by Gasteiger charge is -2.20. The van der Waals surface area contributed by atoms with Gasteiger partial charge < -0.3 is 10.6 Å². The first-order chi connectivity index (χ1) is 8.84. The highest BCUT2D eigenvalue weighted by molar-refractivity contribution is 5.85. The highest BCUT2D eigenvalue weighted by atomic mass is 35.5. The molecular formula is C15H21ClN2O. The van der Waals surface area contributed by atoms with Gasteiger partial charge >= 0.3 is 0 Å². The molecule has 1 aliphatic carbocycles. The Morgan fingerprint density at radius 2 is 1.95 bits per heavy atom. The van der Waals surface area contributed by atoms with E-state index in [4.69, 9.17) is 0 Å². The summed E-state index contributed by atoms with van der Waals surface area (Å²) in [6, 6.07) is 10.6. The van der Waals surface area contributed by atoms with Crippen LogP contribution in [0.1, 0.15) is 30.9 Å². The summed E-state index contributed by atoms with van der Waals surface area (Å²) in [5.74, 6) is 1.03. The van der Waals surface area contributed by atoms with Gasteiger partial charge in [0.1, 0.15) is 0 Å². The largest absolute Gasteiger partial charge is 0.349 e. The Kier molecular flexibility index (Phi) is 4.83. The Morgan fingerprint density at radius 1 is 1.21 bits per heavy atom. The predicted molar refractivity (Wildman–Crippen MR) is 78.3 cm³/mol. The first-order valence-electron chi connectivity index (χ1n) is 6.90. The summed E-state index contributed by atoms with van der Waals surface area (Å²) in [5, 5.41) is 6.51. The molecule has 2 N–H and O–H groups in total. The molecule has 1 aromatic rings. The number of benzene rings is 1. The van der Waals surface area contributed by atoms with Gasteiger partial charge in [-0.1, -0.05) is 30.3 Å². The number of carbonyl (C=O) groups is 1. The highest BCUT2D eigenvalue weighted by Crippen LogP contribution is 2.41. The number of hydrogen-bond donors (Lipinski definition) is 2. The van der Waals surface area contributed by atoms with E-state index in [2.05, 4.69) is 22.8 Å². The maximum Gasteiger partial charge on any atom is 0.224 e. The van der Waals surface area contributed by atoms with Gasteiger partial charge in [0.05, 0.1) is 12.0 Å². The van der Waals surface area contributed by atoms with Crippen LogP contribution in [0.2, 0.25) is 0 Å². The van der Waals surface area contributed by atoms with Crippen molar-refractivity contribution in [3.63, 3.8) is 0 Å². The maximum absolute atomic E-state index is 12.2. The Balaban J connectivity index is 0.00000133. The minimum absolute atomic E-state index is 0. The molecule has 1 aliphatic heterocycles. The van der Waals surface area contributed by atoms with E-state index in [1.807, 2.05) is 18.2 Å². The van der Waals surface area contributed by atoms with Gasteiger partial charge in [-0.05, 0) is 37.3 Å². The summed E-state index contributed by atoms with van der Waals surface area (Å²) in [6.45, 7) is 1.80. The summed E-state index contributed by atoms with van der Waals surface area (Å²) >= 11 is 0. The molecule has 4 heteroatoms. The maximum atomic E-state index is 12.2. The van der Waals surface area contributed by atoms with E-state index in [-0.39, 0.29) is 30.3 Å². The molecule has 1 amide bonds. The number of hydrogen-bond acceptors (Lipinski definition) is 2. The molecule has 19 heavy (non-hydrogen) atoms. The fourth-order valence-corrected chi connectivity index (χ4v) is 2.71. The summed E-state index contributed by atoms with van der Waals surface area (Å²) in [7, 11) is 0. The highest BCUT2D eigenvalue weighted by Gasteiger charge is 2.35. The Morgan fingerprint density at radius 3 is 2.53 bits per heavy atom. The summed E-state index contributed by atoms with van der Waals surface area (Å²) in [5.41, 5.74) is 1.25. The number of nitrogens with one attached hydrogen (secondary N) is 2. The fourth-order valence-electron chi connectivity index (χ4n) is 2.71. The van der Waals surface area contributed by atoms with Crippen LogP contribution in [0.25, 0.3) is 0 Å². The average molecular weight is 281 g/mol. The molecule has 1 saturated carbocycles. The van der Waals surface area contributed by atoms with Gasteiger partial charge in [-0.3, -0.25) is 4.79 Å². The molecule has 1 saturated heterocycles. The summed E-state index contributed by atoms with van der Waals surface area (Å²) in [6.07, 6.45) is 3.45. The van der Waals surface area contributed by atoms with Crippen molar-refractivity contribution in [1.82, 2.24) is 10.6 Å². The van der Waals surface area contributed by atoms with Crippen molar-refractivity contribution in [3.8, 4) is 0 Å². The standard InChI is InChI=1S/C15H20N2O.ClH/c18-15(13-8-9-16-10-13)17-14(12-6-7-12)11-4-2-1-3-5-11;/h1-5,12-14,16H,6-10H2,(H,17,18);1H. The van der Waals surface area contributed by atoms with Crippen LogP contribution in [0.3, 0.4) is 0 Å². The minimum atomic E-state index is 0. The van der Waals surface area contributed by atoms with Crippen molar-refractivity contribution in [3.05, 3.63) is 35.9 Å². The van der Waals surface area contributed by atoms with Crippen LogP contribution in [-0.2, 0) is 4.79 Å². The molecule has 1 aromatic carbocycles. The van der Waals surface area contributed by atoms with Gasteiger partial charge in [-0.15, -0.1) is 12.4 Å². The van der Waals surface area contributed by atoms with Gasteiger partial charge in [0.2, 0.25) is 5.91 Å². The zero-order valence-corrected chi connectivity index (χ0v) is 11.8. The first kappa shape index (κ1) is 14.4. The third-order valence-corrected chi connectivity index (χ3v) is 3.98. The monoisotopic (exact) mass is 280 g/mol. The SMILES string of the molecule is Cl.O=C(NC(c1ccccc1)C1CC1)C1CCNC1. The normalized spacial score (nSPS) is 23.5. The van der Waals surface area contributed by atoms with Crippen molar-refractivity contribution < 1.29 is 4.79 Å². The van der Waals surface area contributed by atoms with Crippen LogP contribution in [0.4, 0.5) is 0 Å². The summed E-state index contributed by atoms with van der Waals surface area (Å²) < 4.78 is 0.